The number of esters is 1. The fourth-order valence-corrected chi connectivity index (χ4v) is 5.33. The third kappa shape index (κ3) is 6.38. The average Bonchev–Trinajstić information content (AvgIpc) is 3.04. The molecule has 0 aliphatic heterocycles. The summed E-state index contributed by atoms with van der Waals surface area (Å²) in [7, 11) is -4.17. The van der Waals surface area contributed by atoms with Crippen LogP contribution in [0.1, 0.15) is 38.1 Å². The first-order valence-electron chi connectivity index (χ1n) is 10.7. The normalized spacial score (nSPS) is 13.3. The van der Waals surface area contributed by atoms with Crippen LogP contribution >= 0.6 is 0 Å². The summed E-state index contributed by atoms with van der Waals surface area (Å²) >= 11 is 0. The van der Waals surface area contributed by atoms with E-state index in [0.29, 0.717) is 4.68 Å². The van der Waals surface area contributed by atoms with Gasteiger partial charge in [-0.1, -0.05) is 32.9 Å². The van der Waals surface area contributed by atoms with E-state index >= 15 is 0 Å². The van der Waals surface area contributed by atoms with E-state index < -0.39 is 40.9 Å². The molecule has 2 aromatic rings. The molecular weight excluding hydrogens is 496 g/mol. The van der Waals surface area contributed by atoms with E-state index in [-0.39, 0.29) is 29.3 Å². The van der Waals surface area contributed by atoms with Gasteiger partial charge in [0.05, 0.1) is 18.8 Å². The molecule has 0 radical (unpaired) electrons. The highest BCUT2D eigenvalue weighted by Crippen LogP contribution is 2.37. The van der Waals surface area contributed by atoms with E-state index in [0.717, 1.165) is 17.7 Å². The third-order valence-electron chi connectivity index (χ3n) is 5.69. The van der Waals surface area contributed by atoms with Crippen LogP contribution in [0.4, 0.5) is 4.79 Å². The number of benzene rings is 1. The molecule has 0 aliphatic carbocycles. The average molecular weight is 529 g/mol. The molecule has 1 N–H and O–H groups in total. The Morgan fingerprint density at radius 3 is 2.37 bits per heavy atom. The number of hydrogen-bond donors (Lipinski definition) is 1. The van der Waals surface area contributed by atoms with Crippen molar-refractivity contribution >= 4 is 30.3 Å². The van der Waals surface area contributed by atoms with Crippen molar-refractivity contribution in [2.45, 2.75) is 56.8 Å². The van der Waals surface area contributed by atoms with Crippen LogP contribution in [0.25, 0.3) is 0 Å². The predicted molar refractivity (Wildman–Crippen MR) is 130 cm³/mol. The van der Waals surface area contributed by atoms with E-state index in [9.17, 15) is 22.8 Å². The Labute approximate surface area is 205 Å². The Balaban J connectivity index is 2.20. The zero-order valence-corrected chi connectivity index (χ0v) is 22.9. The van der Waals surface area contributed by atoms with Crippen molar-refractivity contribution < 1.29 is 31.9 Å². The largest absolute Gasteiger partial charge is 0.465 e. The van der Waals surface area contributed by atoms with Gasteiger partial charge in [0.15, 0.2) is 8.32 Å². The summed E-state index contributed by atoms with van der Waals surface area (Å²) in [6.07, 6.45) is -0.319. The standard InChI is InChI=1S/C21H32N4O8SSi/c1-14(33-35(7,8)21(2,3)4)13-32-19-22-25(20(28)24(19)5)18(27)23-34(29,30)16-12-10-9-11-15(16)17(26)31-6/h9-12,14H,13H2,1-8H3,(H,23,27). The van der Waals surface area contributed by atoms with Crippen molar-refractivity contribution in [1.29, 1.82) is 0 Å². The van der Waals surface area contributed by atoms with Crippen LogP contribution in [-0.2, 0) is 26.2 Å². The van der Waals surface area contributed by atoms with Crippen LogP contribution in [0.3, 0.4) is 0 Å². The molecule has 12 nitrogen and oxygen atoms in total. The highest BCUT2D eigenvalue weighted by atomic mass is 32.2. The zero-order chi connectivity index (χ0) is 26.8. The molecule has 0 saturated heterocycles. The Kier molecular flexibility index (Phi) is 8.35. The molecule has 1 unspecified atom stereocenters. The summed E-state index contributed by atoms with van der Waals surface area (Å²) in [5, 5.41) is 3.80. The monoisotopic (exact) mass is 528 g/mol. The van der Waals surface area contributed by atoms with Gasteiger partial charge in [-0.3, -0.25) is 0 Å². The second-order valence-corrected chi connectivity index (χ2v) is 15.8. The number of methoxy groups -OCH3 is 1. The quantitative estimate of drug-likeness (QED) is 0.402. The topological polar surface area (TPSA) is 148 Å². The van der Waals surface area contributed by atoms with Crippen molar-refractivity contribution in [3.05, 3.63) is 40.3 Å². The first-order valence-corrected chi connectivity index (χ1v) is 15.1. The molecule has 194 valence electrons. The number of sulfonamides is 1. The summed E-state index contributed by atoms with van der Waals surface area (Å²) in [5.74, 6) is -0.904. The summed E-state index contributed by atoms with van der Waals surface area (Å²) in [6, 6.07) is 3.64. The summed E-state index contributed by atoms with van der Waals surface area (Å²) in [5.41, 5.74) is -1.20. The highest BCUT2D eigenvalue weighted by Gasteiger charge is 2.38. The molecule has 1 aromatic carbocycles. The maximum absolute atomic E-state index is 12.8. The number of nitrogens with zero attached hydrogens (tertiary/aromatic N) is 3. The van der Waals surface area contributed by atoms with Crippen molar-refractivity contribution in [2.75, 3.05) is 13.7 Å². The molecule has 1 heterocycles. The maximum Gasteiger partial charge on any atom is 0.360 e. The van der Waals surface area contributed by atoms with Crippen molar-refractivity contribution in [1.82, 2.24) is 19.1 Å². The smallest absolute Gasteiger partial charge is 0.360 e. The van der Waals surface area contributed by atoms with Gasteiger partial charge in [0, 0.05) is 7.05 Å². The fourth-order valence-electron chi connectivity index (χ4n) is 2.78. The number of nitrogens with one attached hydrogen (secondary N) is 1. The highest BCUT2D eigenvalue weighted by molar-refractivity contribution is 7.90. The second kappa shape index (κ2) is 10.3. The number of carbonyl (C=O) groups is 2. The lowest BCUT2D eigenvalue weighted by atomic mass is 10.2. The van der Waals surface area contributed by atoms with Gasteiger partial charge in [-0.15, -0.1) is 9.78 Å². The maximum atomic E-state index is 12.8. The molecule has 0 saturated carbocycles. The lowest BCUT2D eigenvalue weighted by Crippen LogP contribution is -2.44. The van der Waals surface area contributed by atoms with Gasteiger partial charge in [-0.05, 0) is 37.2 Å². The molecule has 35 heavy (non-hydrogen) atoms. The van der Waals surface area contributed by atoms with Crippen LogP contribution in [0.15, 0.2) is 34.0 Å². The summed E-state index contributed by atoms with van der Waals surface area (Å²) in [6.45, 7) is 12.4. The van der Waals surface area contributed by atoms with Crippen LogP contribution in [-0.4, -0.2) is 62.9 Å². The van der Waals surface area contributed by atoms with Gasteiger partial charge < -0.3 is 13.9 Å². The fraction of sp³-hybridized carbons (Fsp3) is 0.524. The van der Waals surface area contributed by atoms with Crippen LogP contribution in [0, 0.1) is 0 Å². The number of amides is 1. The van der Waals surface area contributed by atoms with Crippen LogP contribution < -0.4 is 15.1 Å². The molecule has 1 atom stereocenters. The zero-order valence-electron chi connectivity index (χ0n) is 21.1. The van der Waals surface area contributed by atoms with Gasteiger partial charge in [-0.2, -0.15) is 0 Å². The SMILES string of the molecule is COC(=O)c1ccccc1S(=O)(=O)NC(=O)n1nc(OCC(C)O[Si](C)(C)C(C)(C)C)n(C)c1=O. The van der Waals surface area contributed by atoms with Crippen molar-refractivity contribution in [2.24, 2.45) is 7.05 Å². The Bertz CT molecular complexity index is 1260. The van der Waals surface area contributed by atoms with E-state index in [4.69, 9.17) is 9.16 Å². The molecule has 14 heteroatoms. The molecule has 1 aromatic heterocycles. The van der Waals surface area contributed by atoms with Gasteiger partial charge in [0.2, 0.25) is 0 Å². The van der Waals surface area contributed by atoms with E-state index in [1.807, 2.05) is 6.92 Å². The third-order valence-corrected chi connectivity index (χ3v) is 11.7. The van der Waals surface area contributed by atoms with Crippen molar-refractivity contribution in [3.63, 3.8) is 0 Å². The molecule has 1 amide bonds. The Morgan fingerprint density at radius 2 is 1.80 bits per heavy atom. The molecule has 0 spiro atoms. The summed E-state index contributed by atoms with van der Waals surface area (Å²) < 4.78 is 44.9. The minimum absolute atomic E-state index is 0.00818. The van der Waals surface area contributed by atoms with Gasteiger partial charge in [0.1, 0.15) is 11.5 Å². The number of carbonyl (C=O) groups excluding carboxylic acids is 2. The number of ether oxygens (including phenoxy) is 2. The molecule has 0 fully saturated rings. The van der Waals surface area contributed by atoms with E-state index in [2.05, 4.69) is 43.7 Å². The Morgan fingerprint density at radius 1 is 1.20 bits per heavy atom. The Hall–Kier alpha value is -2.97. The van der Waals surface area contributed by atoms with E-state index in [1.165, 1.54) is 25.2 Å². The first kappa shape index (κ1) is 28.3. The molecular formula is C21H32N4O8SSi. The minimum atomic E-state index is -4.54. The summed E-state index contributed by atoms with van der Waals surface area (Å²) in [4.78, 5) is 36.5. The van der Waals surface area contributed by atoms with Crippen molar-refractivity contribution in [3.8, 4) is 6.01 Å². The van der Waals surface area contributed by atoms with E-state index in [1.54, 1.807) is 4.72 Å². The molecule has 0 bridgehead atoms. The van der Waals surface area contributed by atoms with Gasteiger partial charge in [-0.25, -0.2) is 32.1 Å². The molecule has 0 aliphatic rings. The molecule has 2 rings (SSSR count). The first-order chi connectivity index (χ1) is 16.0. The lowest BCUT2D eigenvalue weighted by Gasteiger charge is -2.38. The predicted octanol–water partition coefficient (Wildman–Crippen LogP) is 2.10. The van der Waals surface area contributed by atoms with Gasteiger partial charge >= 0.3 is 23.7 Å². The van der Waals surface area contributed by atoms with Gasteiger partial charge in [0.25, 0.3) is 10.0 Å². The number of hydrogen-bond acceptors (Lipinski definition) is 9. The lowest BCUT2D eigenvalue weighted by molar-refractivity contribution is 0.0596. The number of aromatic nitrogens is 3. The number of rotatable bonds is 8. The van der Waals surface area contributed by atoms with Crippen LogP contribution in [0.2, 0.25) is 18.1 Å². The minimum Gasteiger partial charge on any atom is -0.465 e. The van der Waals surface area contributed by atoms with Crippen LogP contribution in [0.5, 0.6) is 6.01 Å². The second-order valence-electron chi connectivity index (χ2n) is 9.43.